The van der Waals surface area contributed by atoms with Gasteiger partial charge in [0.1, 0.15) is 10.8 Å². The van der Waals surface area contributed by atoms with E-state index in [1.165, 1.54) is 16.2 Å². The van der Waals surface area contributed by atoms with Crippen LogP contribution in [0.3, 0.4) is 0 Å². The van der Waals surface area contributed by atoms with Crippen LogP contribution in [-0.2, 0) is 16.0 Å². The molecule has 0 fully saturated rings. The average molecular weight is 488 g/mol. The van der Waals surface area contributed by atoms with Crippen molar-refractivity contribution >= 4 is 44.8 Å². The molecule has 0 unspecified atom stereocenters. The van der Waals surface area contributed by atoms with Crippen molar-refractivity contribution in [3.05, 3.63) is 64.1 Å². The van der Waals surface area contributed by atoms with Crippen molar-refractivity contribution in [2.24, 2.45) is 0 Å². The summed E-state index contributed by atoms with van der Waals surface area (Å²) in [7, 11) is 1.57. The van der Waals surface area contributed by atoms with Crippen LogP contribution in [0.15, 0.2) is 58.4 Å². The molecule has 30 heavy (non-hydrogen) atoms. The number of aromatic nitrogens is 1. The topological polar surface area (TPSA) is 71.5 Å². The highest BCUT2D eigenvalue weighted by Crippen LogP contribution is 2.26. The Kier molecular flexibility index (Phi) is 7.59. The van der Waals surface area contributed by atoms with E-state index in [-0.39, 0.29) is 24.8 Å². The number of hydrogen-bond acceptors (Lipinski definition) is 5. The number of nitrogens with zero attached hydrogens (tertiary/aromatic N) is 2. The Bertz CT molecular complexity index is 1040. The van der Waals surface area contributed by atoms with Crippen LogP contribution in [0.25, 0.3) is 10.6 Å². The monoisotopic (exact) mass is 487 g/mol. The van der Waals surface area contributed by atoms with Crippen LogP contribution in [0, 0.1) is 0 Å². The van der Waals surface area contributed by atoms with Crippen molar-refractivity contribution in [3.63, 3.8) is 0 Å². The molecule has 0 aliphatic carbocycles. The van der Waals surface area contributed by atoms with E-state index in [9.17, 15) is 9.59 Å². The maximum Gasteiger partial charge on any atom is 0.243 e. The molecule has 0 atom stereocenters. The van der Waals surface area contributed by atoms with Crippen LogP contribution in [0.4, 0.5) is 5.69 Å². The van der Waals surface area contributed by atoms with Gasteiger partial charge in [0.2, 0.25) is 11.8 Å². The molecule has 2 amide bonds. The lowest BCUT2D eigenvalue weighted by atomic mass is 10.2. The Morgan fingerprint density at radius 1 is 1.20 bits per heavy atom. The molecule has 8 heteroatoms. The number of hydrogen-bond donors (Lipinski definition) is 1. The maximum atomic E-state index is 12.7. The number of carbonyl (C=O) groups excluding carboxylic acids is 2. The van der Waals surface area contributed by atoms with E-state index >= 15 is 0 Å². The van der Waals surface area contributed by atoms with Crippen molar-refractivity contribution in [2.75, 3.05) is 25.5 Å². The highest BCUT2D eigenvalue weighted by atomic mass is 79.9. The predicted octanol–water partition coefficient (Wildman–Crippen LogP) is 4.61. The summed E-state index contributed by atoms with van der Waals surface area (Å²) in [4.78, 5) is 31.2. The minimum Gasteiger partial charge on any atom is -0.497 e. The fourth-order valence-corrected chi connectivity index (χ4v) is 4.08. The van der Waals surface area contributed by atoms with Crippen LogP contribution >= 0.6 is 27.3 Å². The lowest BCUT2D eigenvalue weighted by molar-refractivity contribution is -0.133. The van der Waals surface area contributed by atoms with Crippen LogP contribution in [0.2, 0.25) is 0 Å². The third kappa shape index (κ3) is 5.90. The standard InChI is InChI=1S/C22H22BrN3O3S/c1-3-26(13-20(27)24-17-8-5-9-19(11-17)29-2)21(28)12-18-14-30-22(25-18)15-6-4-7-16(23)10-15/h4-11,14H,3,12-13H2,1-2H3,(H,24,27). The lowest BCUT2D eigenvalue weighted by Gasteiger charge is -2.20. The van der Waals surface area contributed by atoms with Gasteiger partial charge in [-0.3, -0.25) is 9.59 Å². The normalized spacial score (nSPS) is 10.5. The molecule has 1 heterocycles. The van der Waals surface area contributed by atoms with Gasteiger partial charge < -0.3 is 15.0 Å². The number of rotatable bonds is 8. The number of anilines is 1. The SMILES string of the molecule is CCN(CC(=O)Nc1cccc(OC)c1)C(=O)Cc1csc(-c2cccc(Br)c2)n1. The molecule has 1 aromatic heterocycles. The first kappa shape index (κ1) is 22.0. The summed E-state index contributed by atoms with van der Waals surface area (Å²) in [6, 6.07) is 15.0. The summed E-state index contributed by atoms with van der Waals surface area (Å²) in [6.07, 6.45) is 0.158. The van der Waals surface area contributed by atoms with Gasteiger partial charge in [0, 0.05) is 33.7 Å². The van der Waals surface area contributed by atoms with E-state index in [1.54, 1.807) is 31.4 Å². The number of carbonyl (C=O) groups is 2. The van der Waals surface area contributed by atoms with Gasteiger partial charge in [-0.15, -0.1) is 11.3 Å². The fraction of sp³-hybridized carbons (Fsp3) is 0.227. The maximum absolute atomic E-state index is 12.7. The molecular formula is C22H22BrN3O3S. The molecular weight excluding hydrogens is 466 g/mol. The van der Waals surface area contributed by atoms with Crippen LogP contribution < -0.4 is 10.1 Å². The van der Waals surface area contributed by atoms with Crippen molar-refractivity contribution in [1.29, 1.82) is 0 Å². The Morgan fingerprint density at radius 3 is 2.73 bits per heavy atom. The second kappa shape index (κ2) is 10.4. The molecule has 156 valence electrons. The van der Waals surface area contributed by atoms with Gasteiger partial charge in [0.05, 0.1) is 25.8 Å². The second-order valence-corrected chi connectivity index (χ2v) is 8.29. The number of methoxy groups -OCH3 is 1. The van der Waals surface area contributed by atoms with Gasteiger partial charge in [0.25, 0.3) is 0 Å². The van der Waals surface area contributed by atoms with Gasteiger partial charge in [-0.1, -0.05) is 34.1 Å². The largest absolute Gasteiger partial charge is 0.497 e. The Morgan fingerprint density at radius 2 is 2.00 bits per heavy atom. The summed E-state index contributed by atoms with van der Waals surface area (Å²) in [6.45, 7) is 2.27. The van der Waals surface area contributed by atoms with Crippen molar-refractivity contribution in [2.45, 2.75) is 13.3 Å². The molecule has 0 bridgehead atoms. The van der Waals surface area contributed by atoms with E-state index in [4.69, 9.17) is 4.74 Å². The number of ether oxygens (including phenoxy) is 1. The first-order chi connectivity index (χ1) is 14.5. The second-order valence-electron chi connectivity index (χ2n) is 6.52. The van der Waals surface area contributed by atoms with Gasteiger partial charge >= 0.3 is 0 Å². The zero-order chi connectivity index (χ0) is 21.5. The molecule has 1 N–H and O–H groups in total. The minimum atomic E-state index is -0.258. The molecule has 0 aliphatic rings. The van der Waals surface area contributed by atoms with Crippen LogP contribution in [-0.4, -0.2) is 41.9 Å². The summed E-state index contributed by atoms with van der Waals surface area (Å²) in [5.74, 6) is 0.261. The number of likely N-dealkylation sites (N-methyl/N-ethyl adjacent to an activating group) is 1. The van der Waals surface area contributed by atoms with E-state index in [2.05, 4.69) is 26.2 Å². The quantitative estimate of drug-likeness (QED) is 0.503. The van der Waals surface area contributed by atoms with E-state index in [0.29, 0.717) is 23.7 Å². The Hall–Kier alpha value is -2.71. The summed E-state index contributed by atoms with van der Waals surface area (Å²) >= 11 is 4.96. The third-order valence-corrected chi connectivity index (χ3v) is 5.81. The van der Waals surface area contributed by atoms with Crippen LogP contribution in [0.1, 0.15) is 12.6 Å². The highest BCUT2D eigenvalue weighted by Gasteiger charge is 2.18. The summed E-state index contributed by atoms with van der Waals surface area (Å²) in [5.41, 5.74) is 2.32. The van der Waals surface area contributed by atoms with Gasteiger partial charge in [-0.2, -0.15) is 0 Å². The van der Waals surface area contributed by atoms with Crippen molar-refractivity contribution < 1.29 is 14.3 Å². The molecule has 0 aliphatic heterocycles. The summed E-state index contributed by atoms with van der Waals surface area (Å²) in [5, 5.41) is 5.55. The minimum absolute atomic E-state index is 0.0187. The van der Waals surface area contributed by atoms with E-state index in [0.717, 1.165) is 15.0 Å². The molecule has 0 saturated heterocycles. The molecule has 2 aromatic carbocycles. The molecule has 0 saturated carbocycles. The molecule has 6 nitrogen and oxygen atoms in total. The van der Waals surface area contributed by atoms with E-state index in [1.807, 2.05) is 36.6 Å². The lowest BCUT2D eigenvalue weighted by Crippen LogP contribution is -2.38. The smallest absolute Gasteiger partial charge is 0.243 e. The zero-order valence-electron chi connectivity index (χ0n) is 16.7. The molecule has 3 rings (SSSR count). The number of nitrogens with one attached hydrogen (secondary N) is 1. The highest BCUT2D eigenvalue weighted by molar-refractivity contribution is 9.10. The third-order valence-electron chi connectivity index (χ3n) is 4.38. The van der Waals surface area contributed by atoms with Gasteiger partial charge in [-0.05, 0) is 31.2 Å². The van der Waals surface area contributed by atoms with Crippen molar-refractivity contribution in [3.8, 4) is 16.3 Å². The number of halogens is 1. The molecule has 3 aromatic rings. The average Bonchev–Trinajstić information content (AvgIpc) is 3.20. The molecule has 0 spiro atoms. The zero-order valence-corrected chi connectivity index (χ0v) is 19.1. The number of amides is 2. The number of benzene rings is 2. The predicted molar refractivity (Wildman–Crippen MR) is 123 cm³/mol. The Balaban J connectivity index is 1.60. The first-order valence-corrected chi connectivity index (χ1v) is 11.1. The van der Waals surface area contributed by atoms with E-state index < -0.39 is 0 Å². The van der Waals surface area contributed by atoms with Gasteiger partial charge in [0.15, 0.2) is 0 Å². The van der Waals surface area contributed by atoms with Crippen LogP contribution in [0.5, 0.6) is 5.75 Å². The van der Waals surface area contributed by atoms with Gasteiger partial charge in [-0.25, -0.2) is 4.98 Å². The first-order valence-electron chi connectivity index (χ1n) is 9.40. The Labute approximate surface area is 188 Å². The molecule has 0 radical (unpaired) electrons. The summed E-state index contributed by atoms with van der Waals surface area (Å²) < 4.78 is 6.14. The number of thiazole rings is 1. The fourth-order valence-electron chi connectivity index (χ4n) is 2.86. The van der Waals surface area contributed by atoms with Crippen molar-refractivity contribution in [1.82, 2.24) is 9.88 Å².